The molecule has 0 aliphatic carbocycles. The summed E-state index contributed by atoms with van der Waals surface area (Å²) in [7, 11) is -4.19. The van der Waals surface area contributed by atoms with Crippen molar-refractivity contribution in [3.8, 4) is 0 Å². The minimum atomic E-state index is -4.19. The van der Waals surface area contributed by atoms with Gasteiger partial charge < -0.3 is 4.48 Å². The molecule has 0 saturated carbocycles. The molecule has 0 aliphatic heterocycles. The average molecular weight is 233 g/mol. The molecule has 6 heteroatoms. The van der Waals surface area contributed by atoms with Crippen LogP contribution in [-0.4, -0.2) is 44.6 Å². The first-order valence-electron chi connectivity index (χ1n) is 4.75. The molecule has 0 aliphatic rings. The fraction of sp³-hybridized carbons (Fsp3) is 1.00. The van der Waals surface area contributed by atoms with Gasteiger partial charge in [0, 0.05) is 0 Å². The standard InChI is InChI=1S/C8H20N.ClH3O4/c1-5-9(6-2,7-3)8-4;2-1(3,4)5/h5-8H2,1-4H3;2-4H/q+1;. The van der Waals surface area contributed by atoms with Crippen LogP contribution in [0, 0.1) is 10.2 Å². The normalized spacial score (nSPS) is 13.1. The molecule has 0 aromatic carbocycles. The Hall–Kier alpha value is 0.0900. The van der Waals surface area contributed by atoms with E-state index in [9.17, 15) is 0 Å². The van der Waals surface area contributed by atoms with Gasteiger partial charge in [0.2, 0.25) is 0 Å². The van der Waals surface area contributed by atoms with Gasteiger partial charge in [-0.1, -0.05) is 0 Å². The Morgan fingerprint density at radius 1 is 0.857 bits per heavy atom. The Morgan fingerprint density at radius 2 is 1.00 bits per heavy atom. The van der Waals surface area contributed by atoms with E-state index in [0.29, 0.717) is 0 Å². The molecule has 0 heterocycles. The molecule has 0 unspecified atom stereocenters. The topological polar surface area (TPSA) is 83.8 Å². The maximum absolute atomic E-state index is 8.83. The summed E-state index contributed by atoms with van der Waals surface area (Å²) in [5.74, 6) is 0. The van der Waals surface area contributed by atoms with E-state index in [1.54, 1.807) is 0 Å². The molecule has 90 valence electrons. The number of rotatable bonds is 4. The van der Waals surface area contributed by atoms with Gasteiger partial charge in [-0.3, -0.25) is 0 Å². The van der Waals surface area contributed by atoms with E-state index in [1.165, 1.54) is 30.7 Å². The van der Waals surface area contributed by atoms with E-state index < -0.39 is 10.2 Å². The first kappa shape index (κ1) is 16.5. The Morgan fingerprint density at radius 3 is 1.00 bits per heavy atom. The van der Waals surface area contributed by atoms with Crippen molar-refractivity contribution in [2.45, 2.75) is 27.7 Å². The summed E-state index contributed by atoms with van der Waals surface area (Å²) in [4.78, 5) is 0. The molecule has 0 aromatic rings. The molecule has 0 radical (unpaired) electrons. The van der Waals surface area contributed by atoms with Crippen LogP contribution in [0.3, 0.4) is 0 Å². The van der Waals surface area contributed by atoms with E-state index in [1.807, 2.05) is 0 Å². The zero-order chi connectivity index (χ0) is 11.8. The van der Waals surface area contributed by atoms with E-state index >= 15 is 0 Å². The predicted octanol–water partition coefficient (Wildman–Crippen LogP) is -0.977. The first-order chi connectivity index (χ1) is 6.24. The van der Waals surface area contributed by atoms with Gasteiger partial charge in [0.25, 0.3) is 0 Å². The third kappa shape index (κ3) is 10.2. The quantitative estimate of drug-likeness (QED) is 0.545. The van der Waals surface area contributed by atoms with Crippen molar-refractivity contribution in [1.29, 1.82) is 0 Å². The summed E-state index contributed by atoms with van der Waals surface area (Å²) in [6.07, 6.45) is 0. The maximum atomic E-state index is 8.83. The molecule has 14 heavy (non-hydrogen) atoms. The van der Waals surface area contributed by atoms with Crippen LogP contribution in [0.15, 0.2) is 0 Å². The zero-order valence-electron chi connectivity index (χ0n) is 9.40. The van der Waals surface area contributed by atoms with Crippen LogP contribution < -0.4 is 4.66 Å². The second kappa shape index (κ2) is 7.39. The number of quaternary nitrogens is 1. The van der Waals surface area contributed by atoms with Crippen LogP contribution in [0.5, 0.6) is 0 Å². The van der Waals surface area contributed by atoms with Crippen LogP contribution >= 0.6 is 0 Å². The van der Waals surface area contributed by atoms with Gasteiger partial charge in [0.15, 0.2) is 0 Å². The average Bonchev–Trinajstić information content (AvgIpc) is 2.07. The number of nitrogens with zero attached hydrogens (tertiary/aromatic N) is 1. The van der Waals surface area contributed by atoms with Crippen molar-refractivity contribution in [1.82, 2.24) is 0 Å². The van der Waals surface area contributed by atoms with Gasteiger partial charge in [-0.2, -0.15) is 0 Å². The Balaban J connectivity index is 0. The molecule has 3 N–H and O–H groups in total. The van der Waals surface area contributed by atoms with Crippen molar-refractivity contribution in [3.63, 3.8) is 0 Å². The molecule has 0 saturated heterocycles. The van der Waals surface area contributed by atoms with Crippen molar-refractivity contribution in [3.05, 3.63) is 0 Å². The first-order valence-corrected chi connectivity index (χ1v) is 6.08. The van der Waals surface area contributed by atoms with Crippen molar-refractivity contribution in [2.75, 3.05) is 26.2 Å². The van der Waals surface area contributed by atoms with Crippen molar-refractivity contribution in [2.24, 2.45) is 0 Å². The van der Waals surface area contributed by atoms with Gasteiger partial charge in [-0.25, -0.2) is 0 Å². The summed E-state index contributed by atoms with van der Waals surface area (Å²) in [5.41, 5.74) is 0. The van der Waals surface area contributed by atoms with Gasteiger partial charge in [-0.05, 0) is 27.7 Å². The van der Waals surface area contributed by atoms with Gasteiger partial charge in [-0.15, -0.1) is 0 Å². The second-order valence-corrected chi connectivity index (χ2v) is 3.91. The predicted molar refractivity (Wildman–Crippen MR) is 49.1 cm³/mol. The van der Waals surface area contributed by atoms with Crippen LogP contribution in [-0.2, 0) is 0 Å². The van der Waals surface area contributed by atoms with Gasteiger partial charge in [0.1, 0.15) is 0 Å². The van der Waals surface area contributed by atoms with Gasteiger partial charge in [0.05, 0.1) is 26.2 Å². The molecule has 5 nitrogen and oxygen atoms in total. The third-order valence-electron chi connectivity index (χ3n) is 2.68. The SMILES string of the molecule is CC[N+](CC)(CC)CC.[O-][Cl+](O)(O)O. The Kier molecular flexibility index (Phi) is 8.72. The van der Waals surface area contributed by atoms with E-state index in [-0.39, 0.29) is 0 Å². The van der Waals surface area contributed by atoms with E-state index in [2.05, 4.69) is 27.7 Å². The summed E-state index contributed by atoms with van der Waals surface area (Å²) >= 11 is 0. The summed E-state index contributed by atoms with van der Waals surface area (Å²) in [5, 5.41) is 0. The Labute approximate surface area is 87.9 Å². The van der Waals surface area contributed by atoms with Crippen LogP contribution in [0.1, 0.15) is 27.7 Å². The minimum absolute atomic E-state index is 1.28. The van der Waals surface area contributed by atoms with E-state index in [4.69, 9.17) is 18.6 Å². The zero-order valence-corrected chi connectivity index (χ0v) is 10.2. The van der Waals surface area contributed by atoms with Gasteiger partial charge >= 0.3 is 28.9 Å². The molecule has 0 bridgehead atoms. The molecular formula is C8H23ClNO4+. The van der Waals surface area contributed by atoms with Crippen LogP contribution in [0.4, 0.5) is 0 Å². The summed E-state index contributed by atoms with van der Waals surface area (Å²) < 4.78 is 31.5. The number of hydrogen-bond acceptors (Lipinski definition) is 4. The molecule has 0 spiro atoms. The molecule has 0 amide bonds. The fourth-order valence-corrected chi connectivity index (χ4v) is 1.34. The van der Waals surface area contributed by atoms with Crippen molar-refractivity contribution >= 4 is 0 Å². The summed E-state index contributed by atoms with van der Waals surface area (Å²) in [6.45, 7) is 14.2. The third-order valence-corrected chi connectivity index (χ3v) is 2.68. The molecular weight excluding hydrogens is 210 g/mol. The Bertz CT molecular complexity index is 110. The summed E-state index contributed by atoms with van der Waals surface area (Å²) in [6, 6.07) is 0. The van der Waals surface area contributed by atoms with E-state index in [0.717, 1.165) is 0 Å². The molecule has 0 fully saturated rings. The molecule has 0 atom stereocenters. The molecule has 0 aromatic heterocycles. The second-order valence-electron chi connectivity index (χ2n) is 3.04. The number of halogens is 1. The van der Waals surface area contributed by atoms with Crippen molar-refractivity contribution < 1.29 is 33.4 Å². The monoisotopic (exact) mass is 232 g/mol. The number of hydrogen-bond donors (Lipinski definition) is 3. The van der Waals surface area contributed by atoms with Crippen LogP contribution in [0.2, 0.25) is 0 Å². The fourth-order valence-electron chi connectivity index (χ4n) is 1.34. The molecule has 0 rings (SSSR count). The van der Waals surface area contributed by atoms with Crippen LogP contribution in [0.25, 0.3) is 0 Å².